The van der Waals surface area contributed by atoms with Gasteiger partial charge >= 0.3 is 0 Å². The van der Waals surface area contributed by atoms with Crippen molar-refractivity contribution in [2.24, 2.45) is 5.73 Å². The lowest BCUT2D eigenvalue weighted by atomic mass is 10.0. The largest absolute Gasteiger partial charge is 0.395 e. The number of nitrogens with zero attached hydrogens (tertiary/aromatic N) is 2. The van der Waals surface area contributed by atoms with Gasteiger partial charge in [-0.25, -0.2) is 0 Å². The van der Waals surface area contributed by atoms with Gasteiger partial charge in [-0.2, -0.15) is 5.10 Å². The van der Waals surface area contributed by atoms with Crippen LogP contribution < -0.4 is 11.5 Å². The molecule has 0 bridgehead atoms. The van der Waals surface area contributed by atoms with E-state index in [1.807, 2.05) is 6.92 Å². The van der Waals surface area contributed by atoms with Crippen molar-refractivity contribution < 1.29 is 9.59 Å². The molecule has 2 rings (SSSR count). The highest BCUT2D eigenvalue weighted by atomic mass is 16.2. The molecule has 0 aromatic carbocycles. The average molecular weight is 279 g/mol. The standard InChI is InChI=1S/C13H21N5O2/c1-2-5-8-10(14)11(17-16-8)13(20)18-7-4-3-6-9(18)12(15)19/h9H,2-7,14H2,1H3,(H2,15,19)(H,16,17). The number of carbonyl (C=O) groups is 2. The third kappa shape index (κ3) is 2.61. The molecule has 1 aliphatic rings. The summed E-state index contributed by atoms with van der Waals surface area (Å²) >= 11 is 0. The number of aromatic nitrogens is 2. The Labute approximate surface area is 117 Å². The van der Waals surface area contributed by atoms with Crippen molar-refractivity contribution in [1.29, 1.82) is 0 Å². The van der Waals surface area contributed by atoms with Crippen molar-refractivity contribution in [3.63, 3.8) is 0 Å². The lowest BCUT2D eigenvalue weighted by molar-refractivity contribution is -0.123. The van der Waals surface area contributed by atoms with E-state index in [0.717, 1.165) is 31.4 Å². The predicted molar refractivity (Wildman–Crippen MR) is 74.9 cm³/mol. The van der Waals surface area contributed by atoms with Gasteiger partial charge in [0, 0.05) is 6.54 Å². The number of amides is 2. The first-order valence-electron chi connectivity index (χ1n) is 6.99. The molecule has 1 aromatic heterocycles. The minimum atomic E-state index is -0.554. The fraction of sp³-hybridized carbons (Fsp3) is 0.615. The first-order valence-corrected chi connectivity index (χ1v) is 6.99. The van der Waals surface area contributed by atoms with Crippen LogP contribution in [0, 0.1) is 0 Å². The first-order chi connectivity index (χ1) is 9.56. The highest BCUT2D eigenvalue weighted by Gasteiger charge is 2.33. The maximum Gasteiger partial charge on any atom is 0.277 e. The highest BCUT2D eigenvalue weighted by molar-refractivity contribution is 6.00. The lowest BCUT2D eigenvalue weighted by Gasteiger charge is -2.33. The third-order valence-electron chi connectivity index (χ3n) is 3.68. The molecule has 0 aliphatic carbocycles. The van der Waals surface area contributed by atoms with E-state index in [1.165, 1.54) is 4.90 Å². The Hall–Kier alpha value is -2.05. The van der Waals surface area contributed by atoms with E-state index < -0.39 is 11.9 Å². The second-order valence-corrected chi connectivity index (χ2v) is 5.13. The van der Waals surface area contributed by atoms with E-state index in [2.05, 4.69) is 10.2 Å². The number of H-pyrrole nitrogens is 1. The monoisotopic (exact) mass is 279 g/mol. The number of primary amides is 1. The summed E-state index contributed by atoms with van der Waals surface area (Å²) in [5.41, 5.74) is 12.7. The molecule has 7 nitrogen and oxygen atoms in total. The lowest BCUT2D eigenvalue weighted by Crippen LogP contribution is -2.50. The van der Waals surface area contributed by atoms with E-state index >= 15 is 0 Å². The minimum Gasteiger partial charge on any atom is -0.395 e. The number of aryl methyl sites for hydroxylation is 1. The molecule has 1 aromatic rings. The Morgan fingerprint density at radius 2 is 2.20 bits per heavy atom. The summed E-state index contributed by atoms with van der Waals surface area (Å²) in [7, 11) is 0. The average Bonchev–Trinajstić information content (AvgIpc) is 2.80. The molecule has 1 fully saturated rings. The van der Waals surface area contributed by atoms with E-state index in [9.17, 15) is 9.59 Å². The summed E-state index contributed by atoms with van der Waals surface area (Å²) in [6.07, 6.45) is 4.02. The number of aromatic amines is 1. The number of likely N-dealkylation sites (tertiary alicyclic amines) is 1. The van der Waals surface area contributed by atoms with Gasteiger partial charge in [0.15, 0.2) is 5.69 Å². The summed E-state index contributed by atoms with van der Waals surface area (Å²) in [4.78, 5) is 25.5. The van der Waals surface area contributed by atoms with Crippen LogP contribution in [0.1, 0.15) is 48.8 Å². The van der Waals surface area contributed by atoms with Crippen LogP contribution >= 0.6 is 0 Å². The van der Waals surface area contributed by atoms with Crippen molar-refractivity contribution in [2.75, 3.05) is 12.3 Å². The van der Waals surface area contributed by atoms with Gasteiger partial charge in [-0.3, -0.25) is 14.7 Å². The van der Waals surface area contributed by atoms with E-state index in [1.54, 1.807) is 0 Å². The van der Waals surface area contributed by atoms with Crippen molar-refractivity contribution >= 4 is 17.5 Å². The maximum absolute atomic E-state index is 12.5. The Bertz CT molecular complexity index is 511. The van der Waals surface area contributed by atoms with Gasteiger partial charge in [-0.1, -0.05) is 13.3 Å². The fourth-order valence-electron chi connectivity index (χ4n) is 2.60. The third-order valence-corrected chi connectivity index (χ3v) is 3.68. The molecule has 0 saturated carbocycles. The zero-order valence-corrected chi connectivity index (χ0v) is 11.7. The number of carbonyl (C=O) groups excluding carboxylic acids is 2. The zero-order chi connectivity index (χ0) is 14.7. The van der Waals surface area contributed by atoms with Crippen LogP contribution in [0.4, 0.5) is 5.69 Å². The molecule has 0 spiro atoms. The number of hydrogen-bond acceptors (Lipinski definition) is 4. The number of rotatable bonds is 4. The van der Waals surface area contributed by atoms with E-state index in [-0.39, 0.29) is 11.6 Å². The number of nitrogens with one attached hydrogen (secondary N) is 1. The number of hydrogen-bond donors (Lipinski definition) is 3. The molecular weight excluding hydrogens is 258 g/mol. The van der Waals surface area contributed by atoms with Gasteiger partial charge in [0.1, 0.15) is 6.04 Å². The normalized spacial score (nSPS) is 19.1. The van der Waals surface area contributed by atoms with Crippen molar-refractivity contribution in [3.05, 3.63) is 11.4 Å². The Morgan fingerprint density at radius 1 is 1.45 bits per heavy atom. The second kappa shape index (κ2) is 5.94. The molecule has 1 saturated heterocycles. The molecule has 20 heavy (non-hydrogen) atoms. The van der Waals surface area contributed by atoms with Gasteiger partial charge in [0.05, 0.1) is 11.4 Å². The Morgan fingerprint density at radius 3 is 2.85 bits per heavy atom. The summed E-state index contributed by atoms with van der Waals surface area (Å²) in [5.74, 6) is -0.787. The van der Waals surface area contributed by atoms with Crippen LogP contribution in [0.15, 0.2) is 0 Å². The number of piperidine rings is 1. The molecule has 1 atom stereocenters. The molecule has 2 heterocycles. The highest BCUT2D eigenvalue weighted by Crippen LogP contribution is 2.23. The van der Waals surface area contributed by atoms with Gasteiger partial charge in [0.2, 0.25) is 5.91 Å². The minimum absolute atomic E-state index is 0.196. The van der Waals surface area contributed by atoms with Crippen molar-refractivity contribution in [3.8, 4) is 0 Å². The molecule has 110 valence electrons. The second-order valence-electron chi connectivity index (χ2n) is 5.13. The number of anilines is 1. The van der Waals surface area contributed by atoms with Crippen LogP contribution in [0.2, 0.25) is 0 Å². The smallest absolute Gasteiger partial charge is 0.277 e. The fourth-order valence-corrected chi connectivity index (χ4v) is 2.60. The van der Waals surface area contributed by atoms with Gasteiger partial charge < -0.3 is 16.4 Å². The van der Waals surface area contributed by atoms with E-state index in [4.69, 9.17) is 11.5 Å². The summed E-state index contributed by atoms with van der Waals surface area (Å²) < 4.78 is 0. The number of nitrogen functional groups attached to an aromatic ring is 1. The van der Waals surface area contributed by atoms with Crippen LogP contribution in [0.5, 0.6) is 0 Å². The quantitative estimate of drug-likeness (QED) is 0.740. The SMILES string of the molecule is CCCc1[nH]nc(C(=O)N2CCCCC2C(N)=O)c1N. The Kier molecular flexibility index (Phi) is 4.26. The zero-order valence-electron chi connectivity index (χ0n) is 11.7. The molecule has 5 N–H and O–H groups in total. The number of nitrogens with two attached hydrogens (primary N) is 2. The molecular formula is C13H21N5O2. The molecule has 2 amide bonds. The molecule has 1 unspecified atom stereocenters. The van der Waals surface area contributed by atoms with Gasteiger partial charge in [-0.05, 0) is 25.7 Å². The summed E-state index contributed by atoms with van der Waals surface area (Å²) in [5, 5.41) is 6.81. The van der Waals surface area contributed by atoms with Crippen molar-refractivity contribution in [2.45, 2.75) is 45.1 Å². The van der Waals surface area contributed by atoms with Crippen LogP contribution in [0.3, 0.4) is 0 Å². The van der Waals surface area contributed by atoms with Crippen molar-refractivity contribution in [1.82, 2.24) is 15.1 Å². The van der Waals surface area contributed by atoms with Gasteiger partial charge in [0.25, 0.3) is 5.91 Å². The van der Waals surface area contributed by atoms with Crippen LogP contribution in [-0.4, -0.2) is 39.5 Å². The topological polar surface area (TPSA) is 118 Å². The summed E-state index contributed by atoms with van der Waals surface area (Å²) in [6, 6.07) is -0.554. The molecule has 1 aliphatic heterocycles. The molecule has 0 radical (unpaired) electrons. The van der Waals surface area contributed by atoms with Crippen LogP contribution in [0.25, 0.3) is 0 Å². The van der Waals surface area contributed by atoms with E-state index in [0.29, 0.717) is 18.7 Å². The Balaban J connectivity index is 2.23. The predicted octanol–water partition coefficient (Wildman–Crippen LogP) is 0.424. The maximum atomic E-state index is 12.5. The van der Waals surface area contributed by atoms with Gasteiger partial charge in [-0.15, -0.1) is 0 Å². The molecule has 7 heteroatoms. The van der Waals surface area contributed by atoms with Crippen LogP contribution in [-0.2, 0) is 11.2 Å². The first kappa shape index (κ1) is 14.4. The summed E-state index contributed by atoms with van der Waals surface area (Å²) in [6.45, 7) is 2.54.